The smallest absolute Gasteiger partial charge is 0.00903 e. The maximum atomic E-state index is 3.34. The molecule has 0 aromatic carbocycles. The minimum absolute atomic E-state index is 0.784. The van der Waals surface area contributed by atoms with Crippen molar-refractivity contribution in [1.82, 2.24) is 10.2 Å². The summed E-state index contributed by atoms with van der Waals surface area (Å²) in [7, 11) is 6.44. The Morgan fingerprint density at radius 2 is 1.64 bits per heavy atom. The normalized spacial score (nSPS) is 32.7. The van der Waals surface area contributed by atoms with Gasteiger partial charge in [0.2, 0.25) is 0 Å². The standard InChI is InChI=1S/C9H20N2/c1-10-8-4-6-9(7-5-8)11(2)3/h8-10H,4-7H2,1-3H3. The van der Waals surface area contributed by atoms with Crippen LogP contribution in [0.1, 0.15) is 25.7 Å². The van der Waals surface area contributed by atoms with Crippen molar-refractivity contribution >= 4 is 0 Å². The Balaban J connectivity index is 2.24. The quantitative estimate of drug-likeness (QED) is 0.643. The zero-order chi connectivity index (χ0) is 8.27. The Morgan fingerprint density at radius 3 is 2.00 bits per heavy atom. The van der Waals surface area contributed by atoms with E-state index in [1.165, 1.54) is 25.7 Å². The topological polar surface area (TPSA) is 15.3 Å². The molecule has 66 valence electrons. The monoisotopic (exact) mass is 156 g/mol. The molecule has 0 heterocycles. The van der Waals surface area contributed by atoms with E-state index in [2.05, 4.69) is 31.4 Å². The lowest BCUT2D eigenvalue weighted by Crippen LogP contribution is -2.37. The molecule has 1 aliphatic carbocycles. The summed E-state index contributed by atoms with van der Waals surface area (Å²) in [5, 5.41) is 3.34. The molecule has 1 rings (SSSR count). The molecule has 0 atom stereocenters. The highest BCUT2D eigenvalue weighted by Gasteiger charge is 2.20. The van der Waals surface area contributed by atoms with Crippen molar-refractivity contribution in [1.29, 1.82) is 0 Å². The second kappa shape index (κ2) is 4.07. The Labute approximate surface area is 70.0 Å². The van der Waals surface area contributed by atoms with Crippen LogP contribution in [0.2, 0.25) is 0 Å². The lowest BCUT2D eigenvalue weighted by molar-refractivity contribution is 0.208. The minimum atomic E-state index is 0.784. The van der Waals surface area contributed by atoms with Gasteiger partial charge in [0.1, 0.15) is 0 Å². The van der Waals surface area contributed by atoms with Gasteiger partial charge in [-0.05, 0) is 46.8 Å². The fourth-order valence-corrected chi connectivity index (χ4v) is 1.88. The predicted molar refractivity (Wildman–Crippen MR) is 48.8 cm³/mol. The van der Waals surface area contributed by atoms with Gasteiger partial charge in [-0.3, -0.25) is 0 Å². The Morgan fingerprint density at radius 1 is 1.09 bits per heavy atom. The second-order valence-electron chi connectivity index (χ2n) is 3.76. The predicted octanol–water partition coefficient (Wildman–Crippen LogP) is 1.08. The van der Waals surface area contributed by atoms with Gasteiger partial charge >= 0.3 is 0 Å². The molecule has 0 amide bonds. The third-order valence-corrected chi connectivity index (χ3v) is 2.84. The molecular weight excluding hydrogens is 136 g/mol. The molecule has 0 aromatic rings. The fraction of sp³-hybridized carbons (Fsp3) is 1.00. The van der Waals surface area contributed by atoms with Crippen molar-refractivity contribution in [2.45, 2.75) is 37.8 Å². The molecule has 0 radical (unpaired) electrons. The average molecular weight is 156 g/mol. The molecule has 0 saturated heterocycles. The van der Waals surface area contributed by atoms with Gasteiger partial charge in [0, 0.05) is 12.1 Å². The van der Waals surface area contributed by atoms with Crippen molar-refractivity contribution in [3.05, 3.63) is 0 Å². The van der Waals surface area contributed by atoms with Crippen molar-refractivity contribution in [3.63, 3.8) is 0 Å². The van der Waals surface area contributed by atoms with Crippen molar-refractivity contribution in [2.75, 3.05) is 21.1 Å². The summed E-state index contributed by atoms with van der Waals surface area (Å²) in [5.74, 6) is 0. The van der Waals surface area contributed by atoms with Crippen LogP contribution in [0.4, 0.5) is 0 Å². The minimum Gasteiger partial charge on any atom is -0.317 e. The number of hydrogen-bond donors (Lipinski definition) is 1. The molecule has 2 heteroatoms. The highest BCUT2D eigenvalue weighted by molar-refractivity contribution is 4.79. The summed E-state index contributed by atoms with van der Waals surface area (Å²) in [5.41, 5.74) is 0. The molecule has 0 aromatic heterocycles. The second-order valence-corrected chi connectivity index (χ2v) is 3.76. The van der Waals surface area contributed by atoms with Gasteiger partial charge in [-0.1, -0.05) is 0 Å². The zero-order valence-corrected chi connectivity index (χ0v) is 7.93. The first-order valence-corrected chi connectivity index (χ1v) is 4.57. The van der Waals surface area contributed by atoms with Gasteiger partial charge < -0.3 is 10.2 Å². The molecule has 0 spiro atoms. The summed E-state index contributed by atoms with van der Waals surface area (Å²) in [6.45, 7) is 0. The molecule has 11 heavy (non-hydrogen) atoms. The largest absolute Gasteiger partial charge is 0.317 e. The van der Waals surface area contributed by atoms with Crippen molar-refractivity contribution in [2.24, 2.45) is 0 Å². The van der Waals surface area contributed by atoms with Gasteiger partial charge in [0.05, 0.1) is 0 Å². The lowest BCUT2D eigenvalue weighted by atomic mass is 9.91. The highest BCUT2D eigenvalue weighted by Crippen LogP contribution is 2.20. The van der Waals surface area contributed by atoms with E-state index in [4.69, 9.17) is 0 Å². The van der Waals surface area contributed by atoms with E-state index in [1.54, 1.807) is 0 Å². The number of nitrogens with one attached hydrogen (secondary N) is 1. The van der Waals surface area contributed by atoms with Gasteiger partial charge in [-0.25, -0.2) is 0 Å². The summed E-state index contributed by atoms with van der Waals surface area (Å²) in [6.07, 6.45) is 5.41. The summed E-state index contributed by atoms with van der Waals surface area (Å²) in [6, 6.07) is 1.62. The summed E-state index contributed by atoms with van der Waals surface area (Å²) in [4.78, 5) is 2.35. The molecule has 1 fully saturated rings. The van der Waals surface area contributed by atoms with Crippen LogP contribution in [0.15, 0.2) is 0 Å². The van der Waals surface area contributed by atoms with Crippen LogP contribution in [0, 0.1) is 0 Å². The van der Waals surface area contributed by atoms with E-state index < -0.39 is 0 Å². The van der Waals surface area contributed by atoms with Gasteiger partial charge in [0.15, 0.2) is 0 Å². The number of nitrogens with zero attached hydrogens (tertiary/aromatic N) is 1. The third kappa shape index (κ3) is 2.46. The van der Waals surface area contributed by atoms with E-state index in [0.29, 0.717) is 0 Å². The van der Waals surface area contributed by atoms with Crippen LogP contribution in [-0.4, -0.2) is 38.1 Å². The van der Waals surface area contributed by atoms with Crippen LogP contribution in [0.25, 0.3) is 0 Å². The Hall–Kier alpha value is -0.0800. The molecule has 1 saturated carbocycles. The third-order valence-electron chi connectivity index (χ3n) is 2.84. The van der Waals surface area contributed by atoms with Crippen LogP contribution in [0.3, 0.4) is 0 Å². The highest BCUT2D eigenvalue weighted by atomic mass is 15.1. The molecule has 0 aliphatic heterocycles. The van der Waals surface area contributed by atoms with Crippen LogP contribution >= 0.6 is 0 Å². The fourth-order valence-electron chi connectivity index (χ4n) is 1.88. The molecule has 2 nitrogen and oxygen atoms in total. The maximum Gasteiger partial charge on any atom is 0.00903 e. The van der Waals surface area contributed by atoms with Crippen molar-refractivity contribution in [3.8, 4) is 0 Å². The van der Waals surface area contributed by atoms with Crippen LogP contribution in [0.5, 0.6) is 0 Å². The molecule has 0 bridgehead atoms. The van der Waals surface area contributed by atoms with Gasteiger partial charge in [-0.15, -0.1) is 0 Å². The first kappa shape index (κ1) is 9.01. The van der Waals surface area contributed by atoms with Gasteiger partial charge in [-0.2, -0.15) is 0 Å². The molecule has 0 unspecified atom stereocenters. The van der Waals surface area contributed by atoms with E-state index >= 15 is 0 Å². The molecule has 1 aliphatic rings. The maximum absolute atomic E-state index is 3.34. The van der Waals surface area contributed by atoms with Gasteiger partial charge in [0.25, 0.3) is 0 Å². The zero-order valence-electron chi connectivity index (χ0n) is 7.93. The summed E-state index contributed by atoms with van der Waals surface area (Å²) >= 11 is 0. The molecular formula is C9H20N2. The lowest BCUT2D eigenvalue weighted by Gasteiger charge is -2.32. The Bertz CT molecular complexity index is 104. The van der Waals surface area contributed by atoms with Crippen molar-refractivity contribution < 1.29 is 0 Å². The Kier molecular flexibility index (Phi) is 3.34. The van der Waals surface area contributed by atoms with Crippen LogP contribution < -0.4 is 5.32 Å². The van der Waals surface area contributed by atoms with E-state index in [-0.39, 0.29) is 0 Å². The first-order chi connectivity index (χ1) is 5.24. The summed E-state index contributed by atoms with van der Waals surface area (Å²) < 4.78 is 0. The van der Waals surface area contributed by atoms with E-state index in [0.717, 1.165) is 12.1 Å². The first-order valence-electron chi connectivity index (χ1n) is 4.57. The number of rotatable bonds is 2. The van der Waals surface area contributed by atoms with E-state index in [9.17, 15) is 0 Å². The average Bonchev–Trinajstić information content (AvgIpc) is 2.05. The van der Waals surface area contributed by atoms with E-state index in [1.807, 2.05) is 0 Å². The number of hydrogen-bond acceptors (Lipinski definition) is 2. The SMILES string of the molecule is CNC1CCC(N(C)C)CC1. The molecule has 1 N–H and O–H groups in total. The van der Waals surface area contributed by atoms with Crippen LogP contribution in [-0.2, 0) is 0 Å².